The summed E-state index contributed by atoms with van der Waals surface area (Å²) in [5.74, 6) is 1.57. The molecule has 0 N–H and O–H groups in total. The topological polar surface area (TPSA) is 45.1 Å². The predicted molar refractivity (Wildman–Crippen MR) is 254 cm³/mol. The molecular formula is C56H45N3OSi. The summed E-state index contributed by atoms with van der Waals surface area (Å²) < 4.78 is 9.32. The minimum absolute atomic E-state index is 0.0728. The molecule has 0 bridgehead atoms. The lowest BCUT2D eigenvalue weighted by molar-refractivity contribution is 0.328. The lowest BCUT2D eigenvalue weighted by Gasteiger charge is -2.38. The lowest BCUT2D eigenvalue weighted by atomic mass is 9.71. The van der Waals surface area contributed by atoms with Crippen LogP contribution in [-0.2, 0) is 6.42 Å². The fourth-order valence-corrected chi connectivity index (χ4v) is 16.4. The molecule has 1 aliphatic heterocycles. The van der Waals surface area contributed by atoms with Crippen molar-refractivity contribution < 1.29 is 4.42 Å². The van der Waals surface area contributed by atoms with Gasteiger partial charge in [0.15, 0.2) is 13.7 Å². The number of furan rings is 1. The molecule has 0 radical (unpaired) electrons. The molecule has 8 aromatic rings. The minimum Gasteiger partial charge on any atom is -0.458 e. The molecule has 0 saturated carbocycles. The monoisotopic (exact) mass is 803 g/mol. The second kappa shape index (κ2) is 14.1. The summed E-state index contributed by atoms with van der Waals surface area (Å²) in [4.78, 5) is 2.59. The fraction of sp³-hybridized carbons (Fsp3) is 0.161. The number of hydrogen-bond donors (Lipinski definition) is 0. The maximum Gasteiger partial charge on any atom is 0.179 e. The van der Waals surface area contributed by atoms with Gasteiger partial charge in [-0.2, -0.15) is 5.26 Å². The van der Waals surface area contributed by atoms with Gasteiger partial charge in [-0.25, -0.2) is 0 Å². The first-order valence-electron chi connectivity index (χ1n) is 21.9. The van der Waals surface area contributed by atoms with Crippen molar-refractivity contribution in [3.63, 3.8) is 0 Å². The van der Waals surface area contributed by atoms with E-state index in [0.29, 0.717) is 5.92 Å². The second-order valence-electron chi connectivity index (χ2n) is 17.3. The summed E-state index contributed by atoms with van der Waals surface area (Å²) in [6.45, 7) is 2.28. The van der Waals surface area contributed by atoms with Crippen molar-refractivity contribution in [3.05, 3.63) is 199 Å². The van der Waals surface area contributed by atoms with Crippen LogP contribution < -0.4 is 25.6 Å². The number of rotatable bonds is 6. The summed E-state index contributed by atoms with van der Waals surface area (Å²) in [5.41, 5.74) is 9.61. The number of hydrogen-bond acceptors (Lipinski definition) is 3. The molecule has 61 heavy (non-hydrogen) atoms. The van der Waals surface area contributed by atoms with Crippen LogP contribution in [0.3, 0.4) is 0 Å². The molecule has 0 amide bonds. The van der Waals surface area contributed by atoms with E-state index in [4.69, 9.17) is 4.42 Å². The Morgan fingerprint density at radius 1 is 0.639 bits per heavy atom. The van der Waals surface area contributed by atoms with E-state index in [1.54, 1.807) is 0 Å². The smallest absolute Gasteiger partial charge is 0.179 e. The Morgan fingerprint density at radius 3 is 2.07 bits per heavy atom. The number of benzene rings is 6. The molecule has 4 unspecified atom stereocenters. The molecule has 0 spiro atoms. The lowest BCUT2D eigenvalue weighted by Crippen LogP contribution is -2.74. The van der Waals surface area contributed by atoms with Crippen LogP contribution in [0, 0.1) is 29.1 Å². The first-order chi connectivity index (χ1) is 30.1. The molecule has 0 fully saturated rings. The molecule has 2 aromatic heterocycles. The Balaban J connectivity index is 1.11. The van der Waals surface area contributed by atoms with Gasteiger partial charge in [-0.15, -0.1) is 0 Å². The van der Waals surface area contributed by atoms with E-state index in [0.717, 1.165) is 48.2 Å². The second-order valence-corrected chi connectivity index (χ2v) is 21.1. The average molecular weight is 804 g/mol. The van der Waals surface area contributed by atoms with E-state index in [1.165, 1.54) is 64.9 Å². The van der Waals surface area contributed by atoms with Crippen LogP contribution in [-0.4, -0.2) is 18.7 Å². The zero-order chi connectivity index (χ0) is 40.7. The Kier molecular flexibility index (Phi) is 8.33. The van der Waals surface area contributed by atoms with E-state index in [-0.39, 0.29) is 17.9 Å². The van der Waals surface area contributed by atoms with Gasteiger partial charge in [0, 0.05) is 51.1 Å². The van der Waals surface area contributed by atoms with Crippen LogP contribution in [0.25, 0.3) is 44.5 Å². The average Bonchev–Trinajstić information content (AvgIpc) is 3.99. The molecule has 3 heterocycles. The SMILES string of the molecule is CC1C(C#N)C=CC2C1C1=C(C=CCC1)N2c1cccc([Si](c2ccccc2)(c2ccccc2)c2cccc(-n3c4ccccc4c4ccc5c6c(oc5c43)CCC=C6)c2)c1. The number of allylic oxidation sites excluding steroid dienone is 4. The number of fused-ring (bicyclic) bond motifs is 9. The molecule has 5 heteroatoms. The predicted octanol–water partition coefficient (Wildman–Crippen LogP) is 10.6. The van der Waals surface area contributed by atoms with Crippen molar-refractivity contribution in [2.24, 2.45) is 17.8 Å². The molecule has 4 aliphatic rings. The van der Waals surface area contributed by atoms with Gasteiger partial charge in [-0.1, -0.05) is 146 Å². The summed E-state index contributed by atoms with van der Waals surface area (Å²) in [5, 5.41) is 19.1. The summed E-state index contributed by atoms with van der Waals surface area (Å²) in [6.07, 6.45) is 17.7. The number of para-hydroxylation sites is 1. The number of nitrogens with zero attached hydrogens (tertiary/aromatic N) is 3. The van der Waals surface area contributed by atoms with Gasteiger partial charge in [0.05, 0.1) is 29.1 Å². The Bertz CT molecular complexity index is 3170. The first kappa shape index (κ1) is 36.0. The van der Waals surface area contributed by atoms with Crippen LogP contribution in [0.15, 0.2) is 192 Å². The molecule has 0 saturated heterocycles. The zero-order valence-electron chi connectivity index (χ0n) is 34.2. The third-order valence-corrected chi connectivity index (χ3v) is 19.0. The summed E-state index contributed by atoms with van der Waals surface area (Å²) in [7, 11) is -3.01. The van der Waals surface area contributed by atoms with Crippen molar-refractivity contribution in [1.82, 2.24) is 4.57 Å². The quantitative estimate of drug-likeness (QED) is 0.0956. The van der Waals surface area contributed by atoms with Gasteiger partial charge in [0.2, 0.25) is 0 Å². The number of aryl methyl sites for hydroxylation is 1. The van der Waals surface area contributed by atoms with Gasteiger partial charge < -0.3 is 13.9 Å². The largest absolute Gasteiger partial charge is 0.458 e. The van der Waals surface area contributed by atoms with Crippen molar-refractivity contribution in [3.8, 4) is 11.8 Å². The third-order valence-electron chi connectivity index (χ3n) is 14.2. The van der Waals surface area contributed by atoms with Crippen LogP contribution in [0.1, 0.15) is 37.5 Å². The normalized spacial score (nSPS) is 20.6. The fourth-order valence-electron chi connectivity index (χ4n) is 11.6. The van der Waals surface area contributed by atoms with Crippen molar-refractivity contribution in [2.45, 2.75) is 38.6 Å². The highest BCUT2D eigenvalue weighted by Crippen LogP contribution is 2.49. The van der Waals surface area contributed by atoms with Gasteiger partial charge >= 0.3 is 0 Å². The standard InChI is InChI=1S/C56H45N3OSi/c1-37-38(36-57)30-33-52-54(37)49-26-9-12-28-51(49)58(52)39-16-14-22-43(34-39)61(41-18-4-2-5-19-41,42-20-6-3-7-21-42)44-23-15-17-40(35-44)59-50-27-11-8-24-45(50)47-31-32-48-46-25-10-13-29-53(46)60-56(48)55(47)59/h2-8,10-12,14-25,27-28,30-35,37-38,52,54H,9,13,26,29H2,1H3. The van der Waals surface area contributed by atoms with E-state index < -0.39 is 8.07 Å². The van der Waals surface area contributed by atoms with E-state index in [1.807, 2.05) is 0 Å². The highest BCUT2D eigenvalue weighted by Gasteiger charge is 2.47. The van der Waals surface area contributed by atoms with Crippen molar-refractivity contribution >= 4 is 73.4 Å². The van der Waals surface area contributed by atoms with Crippen molar-refractivity contribution in [1.29, 1.82) is 5.26 Å². The minimum atomic E-state index is -3.01. The van der Waals surface area contributed by atoms with Crippen molar-refractivity contribution in [2.75, 3.05) is 4.90 Å². The summed E-state index contributed by atoms with van der Waals surface area (Å²) in [6, 6.07) is 57.6. The van der Waals surface area contributed by atoms with Gasteiger partial charge in [0.25, 0.3) is 0 Å². The highest BCUT2D eigenvalue weighted by molar-refractivity contribution is 7.20. The van der Waals surface area contributed by atoms with Gasteiger partial charge in [0.1, 0.15) is 5.76 Å². The zero-order valence-corrected chi connectivity index (χ0v) is 35.2. The van der Waals surface area contributed by atoms with Crippen LogP contribution >= 0.6 is 0 Å². The molecule has 4 nitrogen and oxygen atoms in total. The molecular weight excluding hydrogens is 759 g/mol. The molecule has 6 aromatic carbocycles. The first-order valence-corrected chi connectivity index (χ1v) is 23.9. The molecule has 294 valence electrons. The van der Waals surface area contributed by atoms with Crippen LogP contribution in [0.4, 0.5) is 5.69 Å². The summed E-state index contributed by atoms with van der Waals surface area (Å²) >= 11 is 0. The molecule has 12 rings (SSSR count). The molecule has 4 atom stereocenters. The Hall–Kier alpha value is -6.87. The highest BCUT2D eigenvalue weighted by atomic mass is 28.3. The maximum atomic E-state index is 10.1. The van der Waals surface area contributed by atoms with Gasteiger partial charge in [-0.3, -0.25) is 0 Å². The van der Waals surface area contributed by atoms with Crippen LogP contribution in [0.2, 0.25) is 0 Å². The van der Waals surface area contributed by atoms with Gasteiger partial charge in [-0.05, 0) is 94.0 Å². The Morgan fingerprint density at radius 2 is 1.30 bits per heavy atom. The molecule has 3 aliphatic carbocycles. The maximum absolute atomic E-state index is 10.1. The van der Waals surface area contributed by atoms with E-state index in [9.17, 15) is 5.26 Å². The Labute approximate surface area is 357 Å². The van der Waals surface area contributed by atoms with Crippen LogP contribution in [0.5, 0.6) is 0 Å². The number of anilines is 1. The third kappa shape index (κ3) is 5.28. The van der Waals surface area contributed by atoms with E-state index >= 15 is 0 Å². The van der Waals surface area contributed by atoms with E-state index in [2.05, 4.69) is 205 Å². The number of aromatic nitrogens is 1. The number of nitriles is 1.